The lowest BCUT2D eigenvalue weighted by atomic mass is 10.0. The van der Waals surface area contributed by atoms with Crippen LogP contribution in [0.1, 0.15) is 41.5 Å². The maximum Gasteiger partial charge on any atom is 0.132 e. The van der Waals surface area contributed by atoms with Gasteiger partial charge in [0.15, 0.2) is 0 Å². The van der Waals surface area contributed by atoms with Crippen LogP contribution in [-0.4, -0.2) is 40.7 Å². The van der Waals surface area contributed by atoms with Crippen molar-refractivity contribution in [1.29, 1.82) is 10.8 Å². The van der Waals surface area contributed by atoms with Crippen molar-refractivity contribution in [2.75, 3.05) is 13.1 Å². The fourth-order valence-corrected chi connectivity index (χ4v) is 1.28. The summed E-state index contributed by atoms with van der Waals surface area (Å²) in [4.78, 5) is 1.93. The minimum Gasteiger partial charge on any atom is -0.386 e. The van der Waals surface area contributed by atoms with Crippen molar-refractivity contribution in [1.82, 2.24) is 4.90 Å². The summed E-state index contributed by atoms with van der Waals surface area (Å²) in [7, 11) is 0. The molecule has 104 valence electrons. The van der Waals surface area contributed by atoms with E-state index in [4.69, 9.17) is 16.6 Å². The van der Waals surface area contributed by atoms with Gasteiger partial charge in [-0.3, -0.25) is 10.8 Å². The van der Waals surface area contributed by atoms with Crippen LogP contribution in [0.25, 0.3) is 0 Å². The van der Waals surface area contributed by atoms with Crippen LogP contribution in [0.2, 0.25) is 0 Å². The average Bonchev–Trinajstić information content (AvgIpc) is 2.28. The highest BCUT2D eigenvalue weighted by Crippen LogP contribution is 2.18. The molecule has 0 unspecified atom stereocenters. The van der Waals surface area contributed by atoms with E-state index in [-0.39, 0.29) is 5.84 Å². The summed E-state index contributed by atoms with van der Waals surface area (Å²) in [5.41, 5.74) is 3.93. The Bertz CT molecular complexity index is 338. The molecule has 0 heterocycles. The number of hydrogen-bond donors (Lipinski definition) is 3. The Labute approximate surface area is 110 Å². The predicted molar refractivity (Wildman–Crippen MR) is 75.6 cm³/mol. The minimum atomic E-state index is -0.819. The van der Waals surface area contributed by atoms with E-state index >= 15 is 0 Å². The second kappa shape index (κ2) is 5.93. The first-order valence-corrected chi connectivity index (χ1v) is 6.21. The first kappa shape index (κ1) is 16.5. The van der Waals surface area contributed by atoms with Crippen LogP contribution in [-0.2, 0) is 0 Å². The SMILES string of the molecule is CCN(CC)C(=N)C(C)(C)N=NC(C)(C)C(=N)N. The second-order valence-corrected chi connectivity index (χ2v) is 5.25. The van der Waals surface area contributed by atoms with Gasteiger partial charge in [-0.25, -0.2) is 0 Å². The lowest BCUT2D eigenvalue weighted by Crippen LogP contribution is -2.44. The van der Waals surface area contributed by atoms with Crippen LogP contribution in [0.4, 0.5) is 0 Å². The Morgan fingerprint density at radius 3 is 1.72 bits per heavy atom. The third-order valence-electron chi connectivity index (χ3n) is 2.87. The van der Waals surface area contributed by atoms with Crippen molar-refractivity contribution < 1.29 is 0 Å². The molecule has 0 aromatic rings. The van der Waals surface area contributed by atoms with Gasteiger partial charge in [0, 0.05) is 13.1 Å². The normalized spacial score (nSPS) is 12.8. The first-order valence-electron chi connectivity index (χ1n) is 6.21. The maximum atomic E-state index is 8.15. The number of nitrogens with zero attached hydrogens (tertiary/aromatic N) is 3. The van der Waals surface area contributed by atoms with Crippen molar-refractivity contribution >= 4 is 11.7 Å². The van der Waals surface area contributed by atoms with E-state index in [2.05, 4.69) is 10.2 Å². The number of rotatable bonds is 6. The van der Waals surface area contributed by atoms with Gasteiger partial charge < -0.3 is 10.6 Å². The van der Waals surface area contributed by atoms with Crippen molar-refractivity contribution in [3.63, 3.8) is 0 Å². The zero-order valence-corrected chi connectivity index (χ0v) is 12.3. The summed E-state index contributed by atoms with van der Waals surface area (Å²) in [5, 5.41) is 23.9. The highest BCUT2D eigenvalue weighted by Gasteiger charge is 2.29. The molecule has 0 amide bonds. The Morgan fingerprint density at radius 2 is 1.39 bits per heavy atom. The molecule has 0 aliphatic rings. The van der Waals surface area contributed by atoms with Gasteiger partial charge in [-0.1, -0.05) is 0 Å². The summed E-state index contributed by atoms with van der Waals surface area (Å²) in [6, 6.07) is 0. The Kier molecular flexibility index (Phi) is 5.45. The average molecular weight is 254 g/mol. The second-order valence-electron chi connectivity index (χ2n) is 5.25. The number of azo groups is 1. The fourth-order valence-electron chi connectivity index (χ4n) is 1.28. The molecule has 0 aromatic carbocycles. The molecule has 0 aliphatic carbocycles. The Morgan fingerprint density at radius 1 is 1.00 bits per heavy atom. The molecule has 6 nitrogen and oxygen atoms in total. The lowest BCUT2D eigenvalue weighted by molar-refractivity contribution is 0.413. The molecule has 0 aromatic heterocycles. The van der Waals surface area contributed by atoms with E-state index in [0.717, 1.165) is 13.1 Å². The van der Waals surface area contributed by atoms with E-state index in [1.165, 1.54) is 0 Å². The molecule has 0 saturated heterocycles. The molecule has 0 radical (unpaired) electrons. The molecular formula is C12H26N6. The van der Waals surface area contributed by atoms with E-state index in [9.17, 15) is 0 Å². The largest absolute Gasteiger partial charge is 0.386 e. The van der Waals surface area contributed by atoms with Crippen LogP contribution >= 0.6 is 0 Å². The number of nitrogens with two attached hydrogens (primary N) is 1. The van der Waals surface area contributed by atoms with Gasteiger partial charge in [-0.2, -0.15) is 10.2 Å². The molecule has 0 rings (SSSR count). The summed E-state index contributed by atoms with van der Waals surface area (Å²) < 4.78 is 0. The lowest BCUT2D eigenvalue weighted by Gasteiger charge is -2.30. The van der Waals surface area contributed by atoms with Crippen LogP contribution in [0, 0.1) is 10.8 Å². The molecule has 0 atom stereocenters. The topological polar surface area (TPSA) is 102 Å². The molecular weight excluding hydrogens is 228 g/mol. The van der Waals surface area contributed by atoms with Crippen molar-refractivity contribution in [3.8, 4) is 0 Å². The zero-order valence-electron chi connectivity index (χ0n) is 12.3. The van der Waals surface area contributed by atoms with Gasteiger partial charge >= 0.3 is 0 Å². The molecule has 4 N–H and O–H groups in total. The summed E-state index contributed by atoms with van der Waals surface area (Å²) in [6.07, 6.45) is 0. The summed E-state index contributed by atoms with van der Waals surface area (Å²) in [5.74, 6) is 0.395. The van der Waals surface area contributed by atoms with E-state index < -0.39 is 11.1 Å². The molecule has 0 spiro atoms. The fraction of sp³-hybridized carbons (Fsp3) is 0.833. The molecule has 6 heteroatoms. The number of hydrogen-bond acceptors (Lipinski definition) is 4. The molecule has 0 aliphatic heterocycles. The number of nitrogens with one attached hydrogen (secondary N) is 2. The van der Waals surface area contributed by atoms with Crippen LogP contribution < -0.4 is 5.73 Å². The van der Waals surface area contributed by atoms with Gasteiger partial charge in [-0.15, -0.1) is 0 Å². The number of likely N-dealkylation sites (N-methyl/N-ethyl adjacent to an activating group) is 1. The molecule has 0 fully saturated rings. The summed E-state index contributed by atoms with van der Waals surface area (Å²) >= 11 is 0. The molecule has 0 bridgehead atoms. The minimum absolute atomic E-state index is 0.0311. The Hall–Kier alpha value is -1.46. The highest BCUT2D eigenvalue weighted by atomic mass is 15.3. The third-order valence-corrected chi connectivity index (χ3v) is 2.87. The monoisotopic (exact) mass is 254 g/mol. The van der Waals surface area contributed by atoms with Crippen LogP contribution in [0.3, 0.4) is 0 Å². The maximum absolute atomic E-state index is 8.15. The first-order chi connectivity index (χ1) is 8.08. The predicted octanol–water partition coefficient (Wildman–Crippen LogP) is 2.25. The molecule has 0 saturated carbocycles. The van der Waals surface area contributed by atoms with Crippen molar-refractivity contribution in [2.24, 2.45) is 16.0 Å². The standard InChI is InChI=1S/C12H26N6/c1-7-18(8-2)10(15)12(5,6)17-16-11(3,4)9(13)14/h15H,7-8H2,1-6H3,(H3,13,14). The third kappa shape index (κ3) is 4.09. The van der Waals surface area contributed by atoms with Crippen LogP contribution in [0.5, 0.6) is 0 Å². The van der Waals surface area contributed by atoms with E-state index in [0.29, 0.717) is 5.84 Å². The van der Waals surface area contributed by atoms with Crippen molar-refractivity contribution in [3.05, 3.63) is 0 Å². The van der Waals surface area contributed by atoms with Crippen molar-refractivity contribution in [2.45, 2.75) is 52.6 Å². The Balaban J connectivity index is 5.01. The molecule has 18 heavy (non-hydrogen) atoms. The van der Waals surface area contributed by atoms with E-state index in [1.54, 1.807) is 13.8 Å². The van der Waals surface area contributed by atoms with Gasteiger partial charge in [0.2, 0.25) is 0 Å². The number of amidine groups is 2. The van der Waals surface area contributed by atoms with Crippen LogP contribution in [0.15, 0.2) is 10.2 Å². The van der Waals surface area contributed by atoms with Gasteiger partial charge in [0.05, 0.1) is 0 Å². The van der Waals surface area contributed by atoms with Gasteiger partial charge in [-0.05, 0) is 41.5 Å². The summed E-state index contributed by atoms with van der Waals surface area (Å²) in [6.45, 7) is 12.7. The highest BCUT2D eigenvalue weighted by molar-refractivity contribution is 5.88. The van der Waals surface area contributed by atoms with Gasteiger partial charge in [0.1, 0.15) is 22.7 Å². The quantitative estimate of drug-likeness (QED) is 0.384. The zero-order chi connectivity index (χ0) is 14.6. The smallest absolute Gasteiger partial charge is 0.132 e. The van der Waals surface area contributed by atoms with Gasteiger partial charge in [0.25, 0.3) is 0 Å². The van der Waals surface area contributed by atoms with E-state index in [1.807, 2.05) is 32.6 Å².